The number of rotatable bonds is 5. The average molecular weight is 365 g/mol. The molecule has 2 amide bonds. The summed E-state index contributed by atoms with van der Waals surface area (Å²) in [7, 11) is 0. The van der Waals surface area contributed by atoms with Crippen LogP contribution in [0.1, 0.15) is 26.2 Å². The van der Waals surface area contributed by atoms with E-state index in [1.165, 1.54) is 5.69 Å². The van der Waals surface area contributed by atoms with Crippen LogP contribution < -0.4 is 15.5 Å². The molecule has 2 fully saturated rings. The van der Waals surface area contributed by atoms with Crippen molar-refractivity contribution in [3.8, 4) is 0 Å². The maximum atomic E-state index is 12.1. The van der Waals surface area contributed by atoms with Crippen molar-refractivity contribution in [2.24, 2.45) is 5.92 Å². The smallest absolute Gasteiger partial charge is 0.315 e. The van der Waals surface area contributed by atoms with Crippen molar-refractivity contribution in [2.75, 3.05) is 44.2 Å². The molecular weight excluding hydrogens is 336 g/mol. The molecule has 1 aromatic rings. The Labute approximate surface area is 155 Å². The predicted octanol–water partition coefficient (Wildman–Crippen LogP) is 2.95. The van der Waals surface area contributed by atoms with Gasteiger partial charge in [0.15, 0.2) is 0 Å². The molecule has 6 heteroatoms. The number of carbonyl (C=O) groups is 1. The van der Waals surface area contributed by atoms with Crippen LogP contribution >= 0.6 is 11.6 Å². The average Bonchev–Trinajstić information content (AvgIpc) is 3.10. The fourth-order valence-electron chi connectivity index (χ4n) is 3.75. The molecule has 0 aromatic heterocycles. The Hall–Kier alpha value is -1.46. The maximum Gasteiger partial charge on any atom is 0.315 e. The molecule has 2 N–H and O–H groups in total. The van der Waals surface area contributed by atoms with E-state index in [0.717, 1.165) is 63.6 Å². The van der Waals surface area contributed by atoms with Gasteiger partial charge in [-0.25, -0.2) is 4.79 Å². The van der Waals surface area contributed by atoms with Gasteiger partial charge in [-0.3, -0.25) is 0 Å². The third kappa shape index (κ3) is 5.25. The highest BCUT2D eigenvalue weighted by Crippen LogP contribution is 2.24. The zero-order valence-electron chi connectivity index (χ0n) is 15.0. The van der Waals surface area contributed by atoms with Crippen LogP contribution in [-0.2, 0) is 0 Å². The van der Waals surface area contributed by atoms with E-state index >= 15 is 0 Å². The Morgan fingerprint density at radius 3 is 2.56 bits per heavy atom. The van der Waals surface area contributed by atoms with Crippen LogP contribution in [0.2, 0.25) is 5.02 Å². The third-order valence-electron chi connectivity index (χ3n) is 5.40. The summed E-state index contributed by atoms with van der Waals surface area (Å²) < 4.78 is 0. The van der Waals surface area contributed by atoms with E-state index in [-0.39, 0.29) is 6.03 Å². The molecule has 3 rings (SSSR count). The molecule has 0 aliphatic carbocycles. The summed E-state index contributed by atoms with van der Waals surface area (Å²) >= 11 is 5.95. The van der Waals surface area contributed by atoms with E-state index in [4.69, 9.17) is 11.6 Å². The second kappa shape index (κ2) is 8.77. The molecular formula is C19H29ClN4O. The van der Waals surface area contributed by atoms with Gasteiger partial charge in [-0.05, 0) is 56.0 Å². The molecule has 1 aromatic carbocycles. The number of hydrogen-bond acceptors (Lipinski definition) is 3. The van der Waals surface area contributed by atoms with E-state index in [0.29, 0.717) is 12.0 Å². The second-order valence-corrected chi connectivity index (χ2v) is 7.58. The third-order valence-corrected chi connectivity index (χ3v) is 5.65. The molecule has 138 valence electrons. The number of anilines is 1. The van der Waals surface area contributed by atoms with Gasteiger partial charge < -0.3 is 20.4 Å². The zero-order chi connectivity index (χ0) is 17.6. The molecule has 2 aliphatic heterocycles. The molecule has 0 unspecified atom stereocenters. The van der Waals surface area contributed by atoms with Crippen molar-refractivity contribution in [3.63, 3.8) is 0 Å². The fourth-order valence-corrected chi connectivity index (χ4v) is 3.88. The summed E-state index contributed by atoms with van der Waals surface area (Å²) in [5.41, 5.74) is 1.21. The van der Waals surface area contributed by atoms with E-state index in [1.807, 2.05) is 12.1 Å². The summed E-state index contributed by atoms with van der Waals surface area (Å²) in [5, 5.41) is 6.96. The van der Waals surface area contributed by atoms with Gasteiger partial charge in [0.25, 0.3) is 0 Å². The lowest BCUT2D eigenvalue weighted by Gasteiger charge is -2.31. The lowest BCUT2D eigenvalue weighted by molar-refractivity contribution is 0.198. The summed E-state index contributed by atoms with van der Waals surface area (Å²) in [6, 6.07) is 8.29. The first kappa shape index (κ1) is 18.3. The summed E-state index contributed by atoms with van der Waals surface area (Å²) in [6.45, 7) is 8.21. The Kier molecular flexibility index (Phi) is 6.43. The second-order valence-electron chi connectivity index (χ2n) is 7.14. The minimum Gasteiger partial charge on any atom is -0.371 e. The normalized spacial score (nSPS) is 22.2. The molecule has 0 saturated carbocycles. The van der Waals surface area contributed by atoms with Crippen LogP contribution in [0, 0.1) is 5.92 Å². The highest BCUT2D eigenvalue weighted by molar-refractivity contribution is 6.30. The SMILES string of the molecule is CCN1CCC(NC(=O)NC[C@@H]2CCN(c3ccc(Cl)cc3)C2)CC1. The van der Waals surface area contributed by atoms with Crippen LogP contribution in [0.3, 0.4) is 0 Å². The molecule has 2 saturated heterocycles. The standard InChI is InChI=1S/C19H29ClN4O/c1-2-23-10-8-17(9-11-23)22-19(25)21-13-15-7-12-24(14-15)18-5-3-16(20)4-6-18/h3-6,15,17H,2,7-14H2,1H3,(H2,21,22,25)/t15-/m0/s1. The van der Waals surface area contributed by atoms with Crippen LogP contribution in [0.25, 0.3) is 0 Å². The van der Waals surface area contributed by atoms with E-state index in [2.05, 4.69) is 39.5 Å². The summed E-state index contributed by atoms with van der Waals surface area (Å²) in [4.78, 5) is 16.9. The fraction of sp³-hybridized carbons (Fsp3) is 0.632. The lowest BCUT2D eigenvalue weighted by atomic mass is 10.1. The van der Waals surface area contributed by atoms with Crippen molar-refractivity contribution in [2.45, 2.75) is 32.2 Å². The number of hydrogen-bond donors (Lipinski definition) is 2. The van der Waals surface area contributed by atoms with Gasteiger partial charge in [0.2, 0.25) is 0 Å². The first-order chi connectivity index (χ1) is 12.1. The largest absolute Gasteiger partial charge is 0.371 e. The number of nitrogens with one attached hydrogen (secondary N) is 2. The zero-order valence-corrected chi connectivity index (χ0v) is 15.8. The van der Waals surface area contributed by atoms with Crippen LogP contribution in [0.5, 0.6) is 0 Å². The Balaban J connectivity index is 1.36. The van der Waals surface area contributed by atoms with Gasteiger partial charge in [0.05, 0.1) is 0 Å². The highest BCUT2D eigenvalue weighted by atomic mass is 35.5. The summed E-state index contributed by atoms with van der Waals surface area (Å²) in [5.74, 6) is 0.503. The number of piperidine rings is 1. The number of urea groups is 1. The van der Waals surface area contributed by atoms with Crippen molar-refractivity contribution >= 4 is 23.3 Å². The lowest BCUT2D eigenvalue weighted by Crippen LogP contribution is -2.48. The van der Waals surface area contributed by atoms with Gasteiger partial charge in [-0.2, -0.15) is 0 Å². The van der Waals surface area contributed by atoms with Gasteiger partial charge in [-0.15, -0.1) is 0 Å². The Bertz CT molecular complexity index is 557. The predicted molar refractivity (Wildman–Crippen MR) is 103 cm³/mol. The topological polar surface area (TPSA) is 47.6 Å². The number of likely N-dealkylation sites (tertiary alicyclic amines) is 1. The first-order valence-electron chi connectivity index (χ1n) is 9.41. The number of halogens is 1. The quantitative estimate of drug-likeness (QED) is 0.844. The molecule has 0 spiro atoms. The van der Waals surface area contributed by atoms with Crippen molar-refractivity contribution < 1.29 is 4.79 Å². The molecule has 0 bridgehead atoms. The minimum atomic E-state index is -0.0140. The molecule has 1 atom stereocenters. The Morgan fingerprint density at radius 2 is 1.88 bits per heavy atom. The van der Waals surface area contributed by atoms with E-state index < -0.39 is 0 Å². The van der Waals surface area contributed by atoms with Crippen LogP contribution in [0.4, 0.5) is 10.5 Å². The summed E-state index contributed by atoms with van der Waals surface area (Å²) in [6.07, 6.45) is 3.21. The molecule has 25 heavy (non-hydrogen) atoms. The molecule has 0 radical (unpaired) electrons. The van der Waals surface area contributed by atoms with Crippen LogP contribution in [0.15, 0.2) is 24.3 Å². The number of carbonyl (C=O) groups excluding carboxylic acids is 1. The first-order valence-corrected chi connectivity index (χ1v) is 9.79. The monoisotopic (exact) mass is 364 g/mol. The number of amides is 2. The highest BCUT2D eigenvalue weighted by Gasteiger charge is 2.24. The minimum absolute atomic E-state index is 0.0140. The van der Waals surface area contributed by atoms with Crippen molar-refractivity contribution in [1.29, 1.82) is 0 Å². The van der Waals surface area contributed by atoms with E-state index in [1.54, 1.807) is 0 Å². The molecule has 5 nitrogen and oxygen atoms in total. The van der Waals surface area contributed by atoms with E-state index in [9.17, 15) is 4.79 Å². The van der Waals surface area contributed by atoms with Crippen molar-refractivity contribution in [3.05, 3.63) is 29.3 Å². The van der Waals surface area contributed by atoms with Crippen molar-refractivity contribution in [1.82, 2.24) is 15.5 Å². The van der Waals surface area contributed by atoms with Gasteiger partial charge in [0.1, 0.15) is 0 Å². The Morgan fingerprint density at radius 1 is 1.16 bits per heavy atom. The van der Waals surface area contributed by atoms with Crippen LogP contribution in [-0.4, -0.2) is 56.2 Å². The van der Waals surface area contributed by atoms with Gasteiger partial charge in [-0.1, -0.05) is 18.5 Å². The van der Waals surface area contributed by atoms with Gasteiger partial charge >= 0.3 is 6.03 Å². The molecule has 2 aliphatic rings. The van der Waals surface area contributed by atoms with Gasteiger partial charge in [0, 0.05) is 49.5 Å². The molecule has 2 heterocycles. The number of benzene rings is 1. The number of nitrogens with zero attached hydrogens (tertiary/aromatic N) is 2. The maximum absolute atomic E-state index is 12.1.